The maximum Gasteiger partial charge on any atom is 0.255 e. The highest BCUT2D eigenvalue weighted by atomic mass is 16.3. The van der Waals surface area contributed by atoms with Crippen LogP contribution in [0.4, 0.5) is 0 Å². The van der Waals surface area contributed by atoms with Crippen LogP contribution in [-0.2, 0) is 6.42 Å². The van der Waals surface area contributed by atoms with Crippen molar-refractivity contribution >= 4 is 11.6 Å². The summed E-state index contributed by atoms with van der Waals surface area (Å²) in [4.78, 5) is 18.4. The van der Waals surface area contributed by atoms with Gasteiger partial charge >= 0.3 is 0 Å². The third-order valence-corrected chi connectivity index (χ3v) is 4.43. The fraction of sp³-hybridized carbons (Fsp3) is 0.300. The van der Waals surface area contributed by atoms with E-state index < -0.39 is 6.10 Å². The molecule has 136 valence electrons. The Bertz CT molecular complexity index is 932. The standard InChI is InChI=1S/C20H23N3O3/c1-13-11-23-12-16(20(26)22(2)3)15(18(25)19(23)21-13)9-10-17(24)14-7-5-4-6-8-14/h4-8,11-12,17,24-25H,9-10H2,1-3H3/t17-/m1/s1. The van der Waals surface area contributed by atoms with Crippen LogP contribution < -0.4 is 0 Å². The lowest BCUT2D eigenvalue weighted by molar-refractivity contribution is 0.0824. The molecular weight excluding hydrogens is 330 g/mol. The number of carbonyl (C=O) groups is 1. The van der Waals surface area contributed by atoms with E-state index in [1.807, 2.05) is 37.3 Å². The molecule has 3 rings (SSSR count). The van der Waals surface area contributed by atoms with Gasteiger partial charge in [-0.25, -0.2) is 4.98 Å². The molecule has 0 spiro atoms. The number of hydrogen-bond acceptors (Lipinski definition) is 4. The van der Waals surface area contributed by atoms with E-state index in [0.717, 1.165) is 11.3 Å². The van der Waals surface area contributed by atoms with E-state index in [2.05, 4.69) is 4.98 Å². The number of aromatic hydroxyl groups is 1. The van der Waals surface area contributed by atoms with E-state index in [0.29, 0.717) is 29.6 Å². The van der Waals surface area contributed by atoms with Crippen LogP contribution in [0.25, 0.3) is 5.65 Å². The monoisotopic (exact) mass is 353 g/mol. The molecule has 0 fully saturated rings. The Morgan fingerprint density at radius 1 is 1.23 bits per heavy atom. The molecular formula is C20H23N3O3. The number of pyridine rings is 1. The predicted octanol–water partition coefficient (Wildman–Crippen LogP) is 2.72. The highest BCUT2D eigenvalue weighted by Gasteiger charge is 2.22. The van der Waals surface area contributed by atoms with Crippen LogP contribution in [-0.4, -0.2) is 44.5 Å². The SMILES string of the molecule is Cc1cn2cc(C(=O)N(C)C)c(CC[C@@H](O)c3ccccc3)c(O)c2n1. The van der Waals surface area contributed by atoms with Crippen LogP contribution in [0.2, 0.25) is 0 Å². The Morgan fingerprint density at radius 2 is 1.92 bits per heavy atom. The molecule has 1 aromatic carbocycles. The molecule has 6 nitrogen and oxygen atoms in total. The molecule has 6 heteroatoms. The van der Waals surface area contributed by atoms with Gasteiger partial charge < -0.3 is 19.5 Å². The van der Waals surface area contributed by atoms with Crippen molar-refractivity contribution in [2.24, 2.45) is 0 Å². The Hall–Kier alpha value is -2.86. The minimum absolute atomic E-state index is 0.00828. The molecule has 0 bridgehead atoms. The van der Waals surface area contributed by atoms with E-state index in [1.54, 1.807) is 30.9 Å². The average molecular weight is 353 g/mol. The second kappa shape index (κ2) is 7.17. The van der Waals surface area contributed by atoms with Crippen LogP contribution in [0.3, 0.4) is 0 Å². The van der Waals surface area contributed by atoms with E-state index in [-0.39, 0.29) is 11.7 Å². The number of imidazole rings is 1. The molecule has 0 aliphatic rings. The van der Waals surface area contributed by atoms with Gasteiger partial charge in [0.25, 0.3) is 5.91 Å². The van der Waals surface area contributed by atoms with Crippen molar-refractivity contribution in [2.75, 3.05) is 14.1 Å². The lowest BCUT2D eigenvalue weighted by Crippen LogP contribution is -2.23. The van der Waals surface area contributed by atoms with Gasteiger partial charge in [0.2, 0.25) is 0 Å². The molecule has 1 atom stereocenters. The van der Waals surface area contributed by atoms with Gasteiger partial charge in [0.1, 0.15) is 0 Å². The first-order chi connectivity index (χ1) is 12.4. The van der Waals surface area contributed by atoms with Crippen LogP contribution in [0.15, 0.2) is 42.7 Å². The maximum absolute atomic E-state index is 12.6. The van der Waals surface area contributed by atoms with Gasteiger partial charge in [-0.2, -0.15) is 0 Å². The van der Waals surface area contributed by atoms with E-state index in [4.69, 9.17) is 0 Å². The number of aryl methyl sites for hydroxylation is 1. The summed E-state index contributed by atoms with van der Waals surface area (Å²) in [5, 5.41) is 21.2. The molecule has 3 aromatic rings. The first kappa shape index (κ1) is 17.9. The van der Waals surface area contributed by atoms with Crippen molar-refractivity contribution in [3.8, 4) is 5.75 Å². The summed E-state index contributed by atoms with van der Waals surface area (Å²) in [6.45, 7) is 1.83. The fourth-order valence-corrected chi connectivity index (χ4v) is 3.07. The number of aliphatic hydroxyl groups excluding tert-OH is 1. The summed E-state index contributed by atoms with van der Waals surface area (Å²) in [6.07, 6.45) is 3.54. The van der Waals surface area contributed by atoms with Crippen molar-refractivity contribution in [2.45, 2.75) is 25.9 Å². The van der Waals surface area contributed by atoms with Gasteiger partial charge in [0.15, 0.2) is 11.4 Å². The Labute approximate surface area is 152 Å². The third kappa shape index (κ3) is 3.41. The number of amides is 1. The molecule has 2 N–H and O–H groups in total. The molecule has 26 heavy (non-hydrogen) atoms. The van der Waals surface area contributed by atoms with Gasteiger partial charge in [0.05, 0.1) is 17.4 Å². The summed E-state index contributed by atoms with van der Waals surface area (Å²) in [6, 6.07) is 9.35. The molecule has 0 unspecified atom stereocenters. The number of hydrogen-bond donors (Lipinski definition) is 2. The van der Waals surface area contributed by atoms with Gasteiger partial charge in [0, 0.05) is 32.1 Å². The van der Waals surface area contributed by atoms with Gasteiger partial charge in [-0.15, -0.1) is 0 Å². The largest absolute Gasteiger partial charge is 0.504 e. The van der Waals surface area contributed by atoms with Gasteiger partial charge in [-0.1, -0.05) is 30.3 Å². The van der Waals surface area contributed by atoms with Crippen molar-refractivity contribution in [3.63, 3.8) is 0 Å². The van der Waals surface area contributed by atoms with Crippen LogP contribution in [0.5, 0.6) is 5.75 Å². The Morgan fingerprint density at radius 3 is 2.58 bits per heavy atom. The highest BCUT2D eigenvalue weighted by Crippen LogP contribution is 2.30. The first-order valence-electron chi connectivity index (χ1n) is 8.53. The third-order valence-electron chi connectivity index (χ3n) is 4.43. The van der Waals surface area contributed by atoms with Crippen LogP contribution >= 0.6 is 0 Å². The van der Waals surface area contributed by atoms with Crippen molar-refractivity contribution < 1.29 is 15.0 Å². The van der Waals surface area contributed by atoms with Crippen molar-refractivity contribution in [3.05, 3.63) is 65.1 Å². The summed E-state index contributed by atoms with van der Waals surface area (Å²) in [5.41, 5.74) is 2.91. The van der Waals surface area contributed by atoms with Gasteiger partial charge in [-0.3, -0.25) is 4.79 Å². The number of fused-ring (bicyclic) bond motifs is 1. The van der Waals surface area contributed by atoms with Crippen LogP contribution in [0.1, 0.15) is 39.7 Å². The smallest absolute Gasteiger partial charge is 0.255 e. The molecule has 0 radical (unpaired) electrons. The summed E-state index contributed by atoms with van der Waals surface area (Å²) < 4.78 is 1.67. The number of aliphatic hydroxyl groups is 1. The van der Waals surface area contributed by atoms with E-state index in [9.17, 15) is 15.0 Å². The minimum atomic E-state index is -0.671. The van der Waals surface area contributed by atoms with Crippen molar-refractivity contribution in [1.82, 2.24) is 14.3 Å². The zero-order valence-electron chi connectivity index (χ0n) is 15.2. The minimum Gasteiger partial charge on any atom is -0.504 e. The number of carbonyl (C=O) groups excluding carboxylic acids is 1. The zero-order chi connectivity index (χ0) is 18.8. The number of benzene rings is 1. The predicted molar refractivity (Wildman–Crippen MR) is 99.3 cm³/mol. The zero-order valence-corrected chi connectivity index (χ0v) is 15.2. The summed E-state index contributed by atoms with van der Waals surface area (Å²) in [5.74, 6) is -0.205. The topological polar surface area (TPSA) is 78.1 Å². The van der Waals surface area contributed by atoms with E-state index >= 15 is 0 Å². The molecule has 2 aromatic heterocycles. The van der Waals surface area contributed by atoms with E-state index in [1.165, 1.54) is 4.90 Å². The number of rotatable bonds is 5. The maximum atomic E-state index is 12.6. The normalized spacial score (nSPS) is 12.3. The second-order valence-electron chi connectivity index (χ2n) is 6.65. The average Bonchev–Trinajstić information content (AvgIpc) is 3.01. The van der Waals surface area contributed by atoms with Crippen molar-refractivity contribution in [1.29, 1.82) is 0 Å². The first-order valence-corrected chi connectivity index (χ1v) is 8.53. The summed E-state index contributed by atoms with van der Waals surface area (Å²) in [7, 11) is 3.34. The second-order valence-corrected chi connectivity index (χ2v) is 6.65. The number of aromatic nitrogens is 2. The Balaban J connectivity index is 1.98. The van der Waals surface area contributed by atoms with Crippen LogP contribution in [0, 0.1) is 6.92 Å². The molecule has 0 saturated heterocycles. The Kier molecular flexibility index (Phi) is 4.95. The molecule has 0 saturated carbocycles. The molecule has 0 aliphatic heterocycles. The quantitative estimate of drug-likeness (QED) is 0.739. The highest BCUT2D eigenvalue weighted by molar-refractivity contribution is 5.96. The lowest BCUT2D eigenvalue weighted by Gasteiger charge is -2.17. The fourth-order valence-electron chi connectivity index (χ4n) is 3.07. The molecule has 0 aliphatic carbocycles. The number of nitrogens with zero attached hydrogens (tertiary/aromatic N) is 3. The summed E-state index contributed by atoms with van der Waals surface area (Å²) >= 11 is 0. The lowest BCUT2D eigenvalue weighted by atomic mass is 9.98. The molecule has 2 heterocycles. The van der Waals surface area contributed by atoms with Gasteiger partial charge in [-0.05, 0) is 25.3 Å². The molecule has 1 amide bonds.